The molecule has 6 aliphatic rings. The molecule has 4 aromatic rings. The van der Waals surface area contributed by atoms with E-state index in [0.717, 1.165) is 12.8 Å². The minimum absolute atomic E-state index is 0.0324. The van der Waals surface area contributed by atoms with Crippen molar-refractivity contribution in [2.75, 3.05) is 0 Å². The fourth-order valence-electron chi connectivity index (χ4n) is 7.93. The Kier molecular flexibility index (Phi) is 4.28. The summed E-state index contributed by atoms with van der Waals surface area (Å²) in [6.07, 6.45) is 1.91. The molecule has 0 fully saturated rings. The van der Waals surface area contributed by atoms with Gasteiger partial charge in [-0.05, 0) is 57.3 Å². The maximum absolute atomic E-state index is 13.6. The van der Waals surface area contributed by atoms with E-state index < -0.39 is 0 Å². The average Bonchev–Trinajstić information content (AvgIpc) is 2.93. The van der Waals surface area contributed by atoms with Gasteiger partial charge < -0.3 is 10.6 Å². The molecule has 0 radical (unpaired) electrons. The van der Waals surface area contributed by atoms with Crippen LogP contribution in [-0.2, 0) is 0 Å². The number of hydrogen-bond acceptors (Lipinski definition) is 1. The van der Waals surface area contributed by atoms with Crippen molar-refractivity contribution in [3.05, 3.63) is 142 Å². The first-order valence-corrected chi connectivity index (χ1v) is 13.2. The highest BCUT2D eigenvalue weighted by Gasteiger charge is 2.46. The van der Waals surface area contributed by atoms with Crippen molar-refractivity contribution in [2.45, 2.75) is 48.6 Å². The van der Waals surface area contributed by atoms with E-state index in [0.29, 0.717) is 11.8 Å². The molecular formula is C33H28N2O. The number of carbonyl (C=O) groups is 1. The van der Waals surface area contributed by atoms with Gasteiger partial charge in [0.05, 0.1) is 0 Å². The molecule has 0 spiro atoms. The minimum Gasteiger partial charge on any atom is -0.334 e. The molecule has 0 saturated carbocycles. The number of rotatable bonds is 2. The van der Waals surface area contributed by atoms with Gasteiger partial charge in [-0.1, -0.05) is 97.1 Å². The van der Waals surface area contributed by atoms with E-state index in [9.17, 15) is 4.79 Å². The maximum Gasteiger partial charge on any atom is 0.315 e. The maximum atomic E-state index is 13.6. The summed E-state index contributed by atoms with van der Waals surface area (Å²) < 4.78 is 0. The minimum atomic E-state index is -0.0324. The van der Waals surface area contributed by atoms with Crippen molar-refractivity contribution >= 4 is 6.03 Å². The van der Waals surface area contributed by atoms with Gasteiger partial charge in [0.1, 0.15) is 0 Å². The number of fused-ring (bicyclic) bond motifs is 2. The van der Waals surface area contributed by atoms with Crippen LogP contribution in [0.25, 0.3) is 0 Å². The Bertz CT molecular complexity index is 1320. The summed E-state index contributed by atoms with van der Waals surface area (Å²) in [5.41, 5.74) is 11.2. The summed E-state index contributed by atoms with van der Waals surface area (Å²) >= 11 is 0. The van der Waals surface area contributed by atoms with Crippen LogP contribution in [0, 0.1) is 0 Å². The molecule has 4 bridgehead atoms. The van der Waals surface area contributed by atoms with Crippen molar-refractivity contribution in [2.24, 2.45) is 0 Å². The van der Waals surface area contributed by atoms with Crippen molar-refractivity contribution in [1.29, 1.82) is 0 Å². The van der Waals surface area contributed by atoms with Gasteiger partial charge in [0.2, 0.25) is 0 Å². The van der Waals surface area contributed by atoms with E-state index in [4.69, 9.17) is 0 Å². The van der Waals surface area contributed by atoms with Gasteiger partial charge >= 0.3 is 6.03 Å². The number of urea groups is 1. The molecule has 3 heteroatoms. The lowest BCUT2D eigenvalue weighted by Crippen LogP contribution is -2.54. The zero-order valence-electron chi connectivity index (χ0n) is 20.0. The van der Waals surface area contributed by atoms with Gasteiger partial charge in [-0.3, -0.25) is 0 Å². The van der Waals surface area contributed by atoms with Crippen LogP contribution in [0.1, 0.15) is 81.0 Å². The van der Waals surface area contributed by atoms with E-state index in [1.165, 1.54) is 44.5 Å². The fraction of sp³-hybridized carbons (Fsp3) is 0.242. The summed E-state index contributed by atoms with van der Waals surface area (Å²) in [6.45, 7) is 0. The zero-order chi connectivity index (χ0) is 23.8. The lowest BCUT2D eigenvalue weighted by Gasteiger charge is -2.47. The normalized spacial score (nSPS) is 27.9. The molecule has 36 heavy (non-hydrogen) atoms. The number of carbonyl (C=O) groups excluding carboxylic acids is 1. The molecule has 2 amide bonds. The van der Waals surface area contributed by atoms with Crippen LogP contribution in [0.3, 0.4) is 0 Å². The third-order valence-corrected chi connectivity index (χ3v) is 9.24. The van der Waals surface area contributed by atoms with E-state index >= 15 is 0 Å². The molecule has 4 aromatic carbocycles. The number of amides is 2. The van der Waals surface area contributed by atoms with Crippen molar-refractivity contribution in [3.8, 4) is 0 Å². The summed E-state index contributed by atoms with van der Waals surface area (Å²) in [7, 11) is 0. The van der Waals surface area contributed by atoms with Gasteiger partial charge in [-0.25, -0.2) is 4.79 Å². The lowest BCUT2D eigenvalue weighted by atomic mass is 9.61. The van der Waals surface area contributed by atoms with Gasteiger partial charge in [0.15, 0.2) is 0 Å². The summed E-state index contributed by atoms with van der Waals surface area (Å²) in [4.78, 5) is 13.6. The standard InChI is InChI=1S/C33H28N2O/c36-33(34-29-17-27-19-9-1-5-13-23(19)31(29)24-14-6-2-10-20(24)27)35-30-18-28-21-11-3-7-15-25(21)32(30)26-16-8-4-12-22(26)28/h1-16,27-32H,17-18H2,(H2,34,35,36). The monoisotopic (exact) mass is 468 g/mol. The molecule has 2 N–H and O–H groups in total. The topological polar surface area (TPSA) is 41.1 Å². The number of hydrogen-bond donors (Lipinski definition) is 2. The predicted octanol–water partition coefficient (Wildman–Crippen LogP) is 6.39. The van der Waals surface area contributed by atoms with Gasteiger partial charge in [-0.15, -0.1) is 0 Å². The van der Waals surface area contributed by atoms with E-state index in [1.807, 2.05) is 0 Å². The van der Waals surface area contributed by atoms with Crippen molar-refractivity contribution in [1.82, 2.24) is 10.6 Å². The molecule has 0 heterocycles. The molecule has 6 aliphatic carbocycles. The molecule has 0 aliphatic heterocycles. The second-order valence-corrected chi connectivity index (χ2v) is 10.9. The van der Waals surface area contributed by atoms with E-state index in [2.05, 4.69) is 108 Å². The lowest BCUT2D eigenvalue weighted by molar-refractivity contribution is 0.223. The molecular weight excluding hydrogens is 440 g/mol. The smallest absolute Gasteiger partial charge is 0.315 e. The summed E-state index contributed by atoms with van der Waals surface area (Å²) in [5.74, 6) is 1.10. The highest BCUT2D eigenvalue weighted by Crippen LogP contribution is 2.54. The third kappa shape index (κ3) is 2.77. The largest absolute Gasteiger partial charge is 0.334 e. The zero-order valence-corrected chi connectivity index (χ0v) is 20.0. The van der Waals surface area contributed by atoms with Crippen LogP contribution in [0.4, 0.5) is 4.79 Å². The van der Waals surface area contributed by atoms with Crippen LogP contribution >= 0.6 is 0 Å². The molecule has 10 rings (SSSR count). The van der Waals surface area contributed by atoms with Crippen LogP contribution in [0.15, 0.2) is 97.1 Å². The Hall–Kier alpha value is -3.85. The van der Waals surface area contributed by atoms with Crippen LogP contribution in [0.2, 0.25) is 0 Å². The second kappa shape index (κ2) is 7.57. The first-order valence-electron chi connectivity index (χ1n) is 13.2. The van der Waals surface area contributed by atoms with E-state index in [1.54, 1.807) is 0 Å². The third-order valence-electron chi connectivity index (χ3n) is 9.24. The van der Waals surface area contributed by atoms with Crippen LogP contribution in [-0.4, -0.2) is 18.1 Å². The Morgan fingerprint density at radius 2 is 0.750 bits per heavy atom. The molecule has 0 aromatic heterocycles. The summed E-state index contributed by atoms with van der Waals surface area (Å²) in [5, 5.41) is 6.87. The van der Waals surface area contributed by atoms with Gasteiger partial charge in [0.25, 0.3) is 0 Å². The Labute approximate surface area is 211 Å². The molecule has 2 atom stereocenters. The van der Waals surface area contributed by atoms with Crippen molar-refractivity contribution < 1.29 is 4.79 Å². The molecule has 2 unspecified atom stereocenters. The van der Waals surface area contributed by atoms with Crippen LogP contribution in [0.5, 0.6) is 0 Å². The summed E-state index contributed by atoms with van der Waals surface area (Å²) in [6, 6.07) is 35.4. The molecule has 0 saturated heterocycles. The average molecular weight is 469 g/mol. The Balaban J connectivity index is 1.09. The first-order chi connectivity index (χ1) is 17.8. The fourth-order valence-corrected chi connectivity index (χ4v) is 7.93. The van der Waals surface area contributed by atoms with Gasteiger partial charge in [-0.2, -0.15) is 0 Å². The quantitative estimate of drug-likeness (QED) is 0.352. The number of nitrogens with one attached hydrogen (secondary N) is 2. The first kappa shape index (κ1) is 20.4. The Morgan fingerprint density at radius 3 is 1.06 bits per heavy atom. The Morgan fingerprint density at radius 1 is 0.472 bits per heavy atom. The second-order valence-electron chi connectivity index (χ2n) is 10.9. The highest BCUT2D eigenvalue weighted by atomic mass is 16.2. The van der Waals surface area contributed by atoms with Gasteiger partial charge in [0, 0.05) is 35.8 Å². The predicted molar refractivity (Wildman–Crippen MR) is 142 cm³/mol. The highest BCUT2D eigenvalue weighted by molar-refractivity contribution is 5.76. The van der Waals surface area contributed by atoms with Crippen LogP contribution < -0.4 is 10.6 Å². The van der Waals surface area contributed by atoms with Crippen molar-refractivity contribution in [3.63, 3.8) is 0 Å². The molecule has 176 valence electrons. The SMILES string of the molecule is O=C(NC1CC2c3ccccc3C1c1ccccc12)NC1CC2c3ccccc3C1c1ccccc12. The molecule has 3 nitrogen and oxygen atoms in total. The number of benzene rings is 4. The van der Waals surface area contributed by atoms with E-state index in [-0.39, 0.29) is 30.0 Å².